The van der Waals surface area contributed by atoms with Crippen LogP contribution in [-0.2, 0) is 21.1 Å². The van der Waals surface area contributed by atoms with Crippen LogP contribution in [0, 0.1) is 0 Å². The van der Waals surface area contributed by atoms with Crippen molar-refractivity contribution < 1.29 is 17.9 Å². The summed E-state index contributed by atoms with van der Waals surface area (Å²) in [5.41, 5.74) is 2.13. The molecular formula is C17H25ClN2O4S. The minimum atomic E-state index is -3.50. The molecule has 1 fully saturated rings. The fourth-order valence-corrected chi connectivity index (χ4v) is 5.19. The zero-order valence-electron chi connectivity index (χ0n) is 14.5. The summed E-state index contributed by atoms with van der Waals surface area (Å²) in [4.78, 5) is 12.9. The van der Waals surface area contributed by atoms with Crippen LogP contribution in [0.15, 0.2) is 18.2 Å². The molecule has 1 unspecified atom stereocenters. The molecule has 3 rings (SSSR count). The Labute approximate surface area is 155 Å². The third-order valence-electron chi connectivity index (χ3n) is 5.29. The van der Waals surface area contributed by atoms with Crippen LogP contribution in [0.25, 0.3) is 0 Å². The van der Waals surface area contributed by atoms with Crippen LogP contribution in [0.5, 0.6) is 5.75 Å². The molecule has 1 atom stereocenters. The van der Waals surface area contributed by atoms with E-state index in [4.69, 9.17) is 4.74 Å². The Morgan fingerprint density at radius 2 is 2.00 bits per heavy atom. The SMILES string of the molecule is COc1cccc2c1CCC2NC(=O)C1(S(C)(=O)=O)CCNCC1.Cl. The fraction of sp³-hybridized carbons (Fsp3) is 0.588. The number of amides is 1. The number of rotatable bonds is 4. The molecule has 25 heavy (non-hydrogen) atoms. The number of hydrogen-bond donors (Lipinski definition) is 2. The lowest BCUT2D eigenvalue weighted by Gasteiger charge is -2.35. The fourth-order valence-electron chi connectivity index (χ4n) is 3.85. The van der Waals surface area contributed by atoms with E-state index in [2.05, 4.69) is 10.6 Å². The minimum absolute atomic E-state index is 0. The number of nitrogens with one attached hydrogen (secondary N) is 2. The maximum Gasteiger partial charge on any atom is 0.242 e. The number of piperidine rings is 1. The quantitative estimate of drug-likeness (QED) is 0.814. The zero-order chi connectivity index (χ0) is 17.4. The Hall–Kier alpha value is -1.31. The average molecular weight is 389 g/mol. The number of sulfone groups is 1. The lowest BCUT2D eigenvalue weighted by molar-refractivity contribution is -0.125. The summed E-state index contributed by atoms with van der Waals surface area (Å²) in [7, 11) is -1.86. The summed E-state index contributed by atoms with van der Waals surface area (Å²) in [6.45, 7) is 1.07. The Balaban J connectivity index is 0.00000225. The first kappa shape index (κ1) is 20.0. The van der Waals surface area contributed by atoms with Crippen LogP contribution in [0.4, 0.5) is 0 Å². The van der Waals surface area contributed by atoms with Gasteiger partial charge in [-0.05, 0) is 56.0 Å². The van der Waals surface area contributed by atoms with Crippen molar-refractivity contribution in [3.63, 3.8) is 0 Å². The monoisotopic (exact) mass is 388 g/mol. The molecule has 0 radical (unpaired) electrons. The number of ether oxygens (including phenoxy) is 1. The Morgan fingerprint density at radius 3 is 2.60 bits per heavy atom. The van der Waals surface area contributed by atoms with Gasteiger partial charge in [-0.25, -0.2) is 8.42 Å². The molecule has 6 nitrogen and oxygen atoms in total. The second-order valence-electron chi connectivity index (χ2n) is 6.61. The van der Waals surface area contributed by atoms with E-state index in [0.717, 1.165) is 29.7 Å². The van der Waals surface area contributed by atoms with E-state index in [1.54, 1.807) is 7.11 Å². The zero-order valence-corrected chi connectivity index (χ0v) is 16.1. The molecule has 1 aromatic rings. The Kier molecular flexibility index (Phi) is 6.01. The number of benzene rings is 1. The number of methoxy groups -OCH3 is 1. The predicted molar refractivity (Wildman–Crippen MR) is 99.1 cm³/mol. The molecule has 1 heterocycles. The van der Waals surface area contributed by atoms with Crippen LogP contribution in [0.2, 0.25) is 0 Å². The molecule has 0 saturated carbocycles. The number of fused-ring (bicyclic) bond motifs is 1. The molecule has 140 valence electrons. The van der Waals surface area contributed by atoms with Crippen molar-refractivity contribution in [2.24, 2.45) is 0 Å². The second-order valence-corrected chi connectivity index (χ2v) is 8.94. The highest BCUT2D eigenvalue weighted by atomic mass is 35.5. The van der Waals surface area contributed by atoms with Gasteiger partial charge in [0, 0.05) is 6.26 Å². The van der Waals surface area contributed by atoms with Crippen molar-refractivity contribution in [2.45, 2.75) is 36.5 Å². The smallest absolute Gasteiger partial charge is 0.242 e. The van der Waals surface area contributed by atoms with Crippen LogP contribution in [0.3, 0.4) is 0 Å². The van der Waals surface area contributed by atoms with Gasteiger partial charge in [0.1, 0.15) is 5.75 Å². The third kappa shape index (κ3) is 3.50. The van der Waals surface area contributed by atoms with Gasteiger partial charge in [0.15, 0.2) is 14.6 Å². The molecule has 2 aliphatic rings. The largest absolute Gasteiger partial charge is 0.496 e. The van der Waals surface area contributed by atoms with Gasteiger partial charge < -0.3 is 15.4 Å². The molecule has 8 heteroatoms. The van der Waals surface area contributed by atoms with Gasteiger partial charge in [0.2, 0.25) is 5.91 Å². The number of carbonyl (C=O) groups is 1. The van der Waals surface area contributed by atoms with E-state index < -0.39 is 14.6 Å². The predicted octanol–water partition coefficient (Wildman–Crippen LogP) is 1.39. The molecule has 1 saturated heterocycles. The molecule has 1 amide bonds. The van der Waals surface area contributed by atoms with Crippen molar-refractivity contribution in [1.82, 2.24) is 10.6 Å². The summed E-state index contributed by atoms with van der Waals surface area (Å²) in [5.74, 6) is 0.455. The number of halogens is 1. The molecule has 2 N–H and O–H groups in total. The van der Waals surface area contributed by atoms with Crippen LogP contribution < -0.4 is 15.4 Å². The maximum atomic E-state index is 12.9. The first-order valence-electron chi connectivity index (χ1n) is 8.26. The lowest BCUT2D eigenvalue weighted by atomic mass is 9.95. The molecule has 1 aromatic carbocycles. The van der Waals surface area contributed by atoms with Crippen molar-refractivity contribution in [3.05, 3.63) is 29.3 Å². The second kappa shape index (κ2) is 7.51. The highest BCUT2D eigenvalue weighted by Crippen LogP contribution is 2.38. The van der Waals surface area contributed by atoms with Crippen LogP contribution in [-0.4, -0.2) is 45.5 Å². The first-order valence-corrected chi connectivity index (χ1v) is 10.2. The number of carbonyl (C=O) groups excluding carboxylic acids is 1. The standard InChI is InChI=1S/C17H24N2O4S.ClH/c1-23-15-5-3-4-12-13(15)6-7-14(12)19-16(20)17(24(2,21)22)8-10-18-11-9-17;/h3-5,14,18H,6-11H2,1-2H3,(H,19,20);1H. The summed E-state index contributed by atoms with van der Waals surface area (Å²) < 4.78 is 28.8. The lowest BCUT2D eigenvalue weighted by Crippen LogP contribution is -2.57. The maximum absolute atomic E-state index is 12.9. The van der Waals surface area contributed by atoms with E-state index in [9.17, 15) is 13.2 Å². The van der Waals surface area contributed by atoms with Gasteiger partial charge in [-0.2, -0.15) is 0 Å². The van der Waals surface area contributed by atoms with E-state index in [-0.39, 0.29) is 24.4 Å². The molecular weight excluding hydrogens is 364 g/mol. The van der Waals surface area contributed by atoms with Gasteiger partial charge in [-0.15, -0.1) is 12.4 Å². The van der Waals surface area contributed by atoms with Gasteiger partial charge in [0.25, 0.3) is 0 Å². The molecule has 0 aromatic heterocycles. The summed E-state index contributed by atoms with van der Waals surface area (Å²) in [5, 5.41) is 6.13. The summed E-state index contributed by atoms with van der Waals surface area (Å²) in [6.07, 6.45) is 3.38. The molecule has 1 aliphatic carbocycles. The van der Waals surface area contributed by atoms with Crippen molar-refractivity contribution in [2.75, 3.05) is 26.5 Å². The minimum Gasteiger partial charge on any atom is -0.496 e. The van der Waals surface area contributed by atoms with E-state index in [0.29, 0.717) is 25.9 Å². The molecule has 0 spiro atoms. The van der Waals surface area contributed by atoms with Gasteiger partial charge in [-0.1, -0.05) is 12.1 Å². The van der Waals surface area contributed by atoms with Crippen LogP contribution in [0.1, 0.15) is 36.4 Å². The Bertz CT molecular complexity index is 745. The van der Waals surface area contributed by atoms with Gasteiger partial charge in [-0.3, -0.25) is 4.79 Å². The first-order chi connectivity index (χ1) is 11.4. The summed E-state index contributed by atoms with van der Waals surface area (Å²) >= 11 is 0. The van der Waals surface area contributed by atoms with E-state index in [1.807, 2.05) is 18.2 Å². The average Bonchev–Trinajstić information content (AvgIpc) is 2.97. The summed E-state index contributed by atoms with van der Waals surface area (Å²) in [6, 6.07) is 5.63. The van der Waals surface area contributed by atoms with E-state index in [1.165, 1.54) is 6.26 Å². The molecule has 1 aliphatic heterocycles. The highest BCUT2D eigenvalue weighted by molar-refractivity contribution is 7.92. The van der Waals surface area contributed by atoms with Gasteiger partial charge >= 0.3 is 0 Å². The third-order valence-corrected chi connectivity index (χ3v) is 7.30. The van der Waals surface area contributed by atoms with Crippen molar-refractivity contribution >= 4 is 28.2 Å². The van der Waals surface area contributed by atoms with Crippen LogP contribution >= 0.6 is 12.4 Å². The Morgan fingerprint density at radius 1 is 1.32 bits per heavy atom. The topological polar surface area (TPSA) is 84.5 Å². The van der Waals surface area contributed by atoms with Crippen molar-refractivity contribution in [3.8, 4) is 5.75 Å². The number of hydrogen-bond acceptors (Lipinski definition) is 5. The highest BCUT2D eigenvalue weighted by Gasteiger charge is 2.49. The van der Waals surface area contributed by atoms with Crippen molar-refractivity contribution in [1.29, 1.82) is 0 Å². The molecule has 0 bridgehead atoms. The van der Waals surface area contributed by atoms with Gasteiger partial charge in [0.05, 0.1) is 13.2 Å². The normalized spacial score (nSPS) is 21.8. The van der Waals surface area contributed by atoms with E-state index >= 15 is 0 Å².